The molecule has 0 atom stereocenters. The van der Waals surface area contributed by atoms with Crippen LogP contribution in [0.25, 0.3) is 110 Å². The molecule has 0 aliphatic heterocycles. The number of hydrogen-bond acceptors (Lipinski definition) is 3. The molecular weight excluding hydrogens is 961 g/mol. The molecule has 6 heteroatoms. The lowest BCUT2D eigenvalue weighted by Crippen LogP contribution is -2.00. The molecule has 13 aromatic rings. The predicted molar refractivity (Wildman–Crippen MR) is 306 cm³/mol. The third kappa shape index (κ3) is 8.68. The van der Waals surface area contributed by atoms with E-state index in [-0.39, 0.29) is 0 Å². The fourth-order valence-corrected chi connectivity index (χ4v) is 11.1. The lowest BCUT2D eigenvalue weighted by atomic mass is 10.0. The zero-order valence-corrected chi connectivity index (χ0v) is 41.5. The van der Waals surface area contributed by atoms with Crippen molar-refractivity contribution in [1.82, 2.24) is 19.1 Å². The van der Waals surface area contributed by atoms with Gasteiger partial charge in [0.1, 0.15) is 11.6 Å². The van der Waals surface area contributed by atoms with Crippen LogP contribution in [-0.4, -0.2) is 19.1 Å². The van der Waals surface area contributed by atoms with Gasteiger partial charge in [-0.25, -0.2) is 9.97 Å². The Morgan fingerprint density at radius 2 is 0.681 bits per heavy atom. The van der Waals surface area contributed by atoms with Crippen LogP contribution in [0.4, 0.5) is 0 Å². The normalized spacial score (nSPS) is 11.1. The lowest BCUT2D eigenvalue weighted by molar-refractivity contribution is 1.07. The SMILES string of the molecule is Brc1ccc(-n2c(-c3ccccc3)nc(-c3ccccc3)c2-c2ccccc2)cc1.c1ccc(-c2nc(-c3ccccc3)n(-c3ccc(-c4cccc5c4sc4ccccc45)cc3)c2-c2ccccc2)cc1. The Balaban J connectivity index is 0.000000156. The van der Waals surface area contributed by atoms with Crippen molar-refractivity contribution in [2.45, 2.75) is 0 Å². The van der Waals surface area contributed by atoms with Crippen LogP contribution < -0.4 is 0 Å². The quantitative estimate of drug-likeness (QED) is 0.144. The summed E-state index contributed by atoms with van der Waals surface area (Å²) in [6.07, 6.45) is 0. The molecule has 0 aliphatic rings. The van der Waals surface area contributed by atoms with Crippen molar-refractivity contribution in [3.8, 4) is 90.3 Å². The number of aromatic nitrogens is 4. The number of hydrogen-bond donors (Lipinski definition) is 0. The lowest BCUT2D eigenvalue weighted by Gasteiger charge is -2.14. The summed E-state index contributed by atoms with van der Waals surface area (Å²) in [6, 6.07) is 95.5. The zero-order chi connectivity index (χ0) is 48.2. The van der Waals surface area contributed by atoms with Gasteiger partial charge >= 0.3 is 0 Å². The van der Waals surface area contributed by atoms with Crippen molar-refractivity contribution in [2.24, 2.45) is 0 Å². The molecule has 10 aromatic carbocycles. The molecule has 72 heavy (non-hydrogen) atoms. The molecule has 3 heterocycles. The summed E-state index contributed by atoms with van der Waals surface area (Å²) in [4.78, 5) is 10.5. The standard InChI is InChI=1S/C39H26N2S.C27H19BrN2/c1-4-13-28(14-5-1)36-37(29-15-6-2-7-16-29)41(39(40-36)30-17-8-3-9-18-30)31-25-23-27(24-26-31)32-20-12-21-34-33-19-10-11-22-35(33)42-38(32)34;28-23-16-18-24(19-17-23)30-26(21-12-6-2-7-13-21)25(20-10-4-1-5-11-20)29-27(30)22-14-8-3-9-15-22/h1-26H;1-19H. The van der Waals surface area contributed by atoms with Gasteiger partial charge in [0.2, 0.25) is 0 Å². The van der Waals surface area contributed by atoms with E-state index in [0.717, 1.165) is 83.7 Å². The summed E-state index contributed by atoms with van der Waals surface area (Å²) < 4.78 is 8.28. The van der Waals surface area contributed by atoms with Crippen molar-refractivity contribution in [2.75, 3.05) is 0 Å². The van der Waals surface area contributed by atoms with Gasteiger partial charge in [0.25, 0.3) is 0 Å². The summed E-state index contributed by atoms with van der Waals surface area (Å²) in [5.74, 6) is 1.85. The van der Waals surface area contributed by atoms with Gasteiger partial charge in [-0.3, -0.25) is 9.13 Å². The Hall–Kier alpha value is -8.68. The summed E-state index contributed by atoms with van der Waals surface area (Å²) in [7, 11) is 0. The molecule has 0 spiro atoms. The highest BCUT2D eigenvalue weighted by atomic mass is 79.9. The van der Waals surface area contributed by atoms with Crippen molar-refractivity contribution < 1.29 is 0 Å². The van der Waals surface area contributed by atoms with Crippen molar-refractivity contribution >= 4 is 47.4 Å². The third-order valence-electron chi connectivity index (χ3n) is 12.9. The first kappa shape index (κ1) is 44.5. The van der Waals surface area contributed by atoms with Crippen LogP contribution in [0.15, 0.2) is 277 Å². The van der Waals surface area contributed by atoms with E-state index in [0.29, 0.717) is 0 Å². The largest absolute Gasteiger partial charge is 0.292 e. The van der Waals surface area contributed by atoms with Gasteiger partial charge in [-0.15, -0.1) is 11.3 Å². The molecular formula is C66H45BrN4S. The second-order valence-electron chi connectivity index (χ2n) is 17.4. The second-order valence-corrected chi connectivity index (χ2v) is 19.4. The van der Waals surface area contributed by atoms with Gasteiger partial charge < -0.3 is 0 Å². The summed E-state index contributed by atoms with van der Waals surface area (Å²) in [5, 5.41) is 2.64. The minimum absolute atomic E-state index is 0.924. The maximum absolute atomic E-state index is 5.31. The number of rotatable bonds is 9. The minimum atomic E-state index is 0.924. The van der Waals surface area contributed by atoms with Crippen LogP contribution >= 0.6 is 27.3 Å². The molecule has 3 aromatic heterocycles. The van der Waals surface area contributed by atoms with E-state index in [4.69, 9.17) is 9.97 Å². The molecule has 13 rings (SSSR count). The van der Waals surface area contributed by atoms with E-state index in [1.807, 2.05) is 29.5 Å². The molecule has 0 saturated heterocycles. The Kier molecular flexibility index (Phi) is 12.3. The van der Waals surface area contributed by atoms with Gasteiger partial charge in [-0.2, -0.15) is 0 Å². The number of benzene rings is 10. The van der Waals surface area contributed by atoms with E-state index in [1.54, 1.807) is 0 Å². The highest BCUT2D eigenvalue weighted by Crippen LogP contribution is 2.43. The van der Waals surface area contributed by atoms with Gasteiger partial charge in [-0.05, 0) is 53.6 Å². The number of thiophene rings is 1. The van der Waals surface area contributed by atoms with Gasteiger partial charge in [0.05, 0.1) is 22.8 Å². The topological polar surface area (TPSA) is 35.6 Å². The van der Waals surface area contributed by atoms with E-state index < -0.39 is 0 Å². The van der Waals surface area contributed by atoms with Crippen LogP contribution in [-0.2, 0) is 0 Å². The van der Waals surface area contributed by atoms with Crippen LogP contribution in [0.5, 0.6) is 0 Å². The number of halogens is 1. The number of fused-ring (bicyclic) bond motifs is 3. The van der Waals surface area contributed by atoms with Crippen LogP contribution in [0.3, 0.4) is 0 Å². The fourth-order valence-electron chi connectivity index (χ4n) is 9.58. The second kappa shape index (κ2) is 20.0. The van der Waals surface area contributed by atoms with Crippen LogP contribution in [0, 0.1) is 0 Å². The average molecular weight is 1010 g/mol. The zero-order valence-electron chi connectivity index (χ0n) is 39.1. The van der Waals surface area contributed by atoms with Crippen molar-refractivity contribution in [3.05, 3.63) is 277 Å². The number of imidazole rings is 2. The third-order valence-corrected chi connectivity index (χ3v) is 14.7. The summed E-state index contributed by atoms with van der Waals surface area (Å²) in [6.45, 7) is 0. The monoisotopic (exact) mass is 1000 g/mol. The molecule has 0 aliphatic carbocycles. The summed E-state index contributed by atoms with van der Waals surface area (Å²) >= 11 is 5.43. The molecule has 0 N–H and O–H groups in total. The number of nitrogens with zero attached hydrogens (tertiary/aromatic N) is 4. The minimum Gasteiger partial charge on any atom is -0.292 e. The first-order valence-electron chi connectivity index (χ1n) is 24.0. The van der Waals surface area contributed by atoms with Gasteiger partial charge in [0, 0.05) is 69.4 Å². The first-order valence-corrected chi connectivity index (χ1v) is 25.6. The predicted octanol–water partition coefficient (Wildman–Crippen LogP) is 18.5. The first-order chi connectivity index (χ1) is 35.7. The highest BCUT2D eigenvalue weighted by Gasteiger charge is 2.24. The molecule has 0 saturated carbocycles. The maximum atomic E-state index is 5.31. The fraction of sp³-hybridized carbons (Fsp3) is 0. The van der Waals surface area contributed by atoms with Gasteiger partial charge in [0.15, 0.2) is 0 Å². The van der Waals surface area contributed by atoms with E-state index in [2.05, 4.69) is 280 Å². The molecule has 342 valence electrons. The Morgan fingerprint density at radius 3 is 1.14 bits per heavy atom. The van der Waals surface area contributed by atoms with Gasteiger partial charge in [-0.1, -0.05) is 246 Å². The molecule has 0 amide bonds. The Morgan fingerprint density at radius 1 is 0.306 bits per heavy atom. The summed E-state index contributed by atoms with van der Waals surface area (Å²) in [5.41, 5.74) is 15.4. The molecule has 0 radical (unpaired) electrons. The van der Waals surface area contributed by atoms with E-state index in [9.17, 15) is 0 Å². The Bertz CT molecular complexity index is 3930. The molecule has 0 unspecified atom stereocenters. The van der Waals surface area contributed by atoms with E-state index >= 15 is 0 Å². The molecule has 0 bridgehead atoms. The maximum Gasteiger partial charge on any atom is 0.145 e. The molecule has 0 fully saturated rings. The van der Waals surface area contributed by atoms with E-state index in [1.165, 1.54) is 31.3 Å². The Labute approximate surface area is 431 Å². The van der Waals surface area contributed by atoms with Crippen molar-refractivity contribution in [3.63, 3.8) is 0 Å². The van der Waals surface area contributed by atoms with Crippen molar-refractivity contribution in [1.29, 1.82) is 0 Å². The molecule has 4 nitrogen and oxygen atoms in total. The smallest absolute Gasteiger partial charge is 0.145 e. The van der Waals surface area contributed by atoms with Crippen LogP contribution in [0.2, 0.25) is 0 Å². The highest BCUT2D eigenvalue weighted by molar-refractivity contribution is 9.10. The van der Waals surface area contributed by atoms with Crippen LogP contribution in [0.1, 0.15) is 0 Å². The average Bonchev–Trinajstić information content (AvgIpc) is 4.18.